The van der Waals surface area contributed by atoms with Gasteiger partial charge in [-0.15, -0.1) is 0 Å². The Morgan fingerprint density at radius 3 is 2.74 bits per heavy atom. The van der Waals surface area contributed by atoms with Crippen LogP contribution in [0.5, 0.6) is 0 Å². The van der Waals surface area contributed by atoms with E-state index in [0.29, 0.717) is 17.1 Å². The van der Waals surface area contributed by atoms with Crippen molar-refractivity contribution >= 4 is 46.5 Å². The molecule has 0 bridgehead atoms. The molecule has 0 spiro atoms. The van der Waals surface area contributed by atoms with Crippen LogP contribution in [0.15, 0.2) is 18.3 Å². The first-order valence-corrected chi connectivity index (χ1v) is 8.04. The van der Waals surface area contributed by atoms with Crippen LogP contribution in [0.1, 0.15) is 31.7 Å². The summed E-state index contributed by atoms with van der Waals surface area (Å²) in [5, 5.41) is 16.7. The van der Waals surface area contributed by atoms with Crippen LogP contribution < -0.4 is 5.32 Å². The summed E-state index contributed by atoms with van der Waals surface area (Å²) in [5.41, 5.74) is 0.658. The van der Waals surface area contributed by atoms with Crippen LogP contribution in [0, 0.1) is 11.3 Å². The highest BCUT2D eigenvalue weighted by Gasteiger charge is 2.18. The van der Waals surface area contributed by atoms with Crippen LogP contribution in [-0.2, 0) is 4.79 Å². The fraction of sp³-hybridized carbons (Fsp3) is 0.267. The van der Waals surface area contributed by atoms with Crippen molar-refractivity contribution in [1.82, 2.24) is 9.78 Å². The van der Waals surface area contributed by atoms with Gasteiger partial charge in [-0.3, -0.25) is 4.79 Å². The molecule has 120 valence electrons. The van der Waals surface area contributed by atoms with Gasteiger partial charge in [0.25, 0.3) is 0 Å². The van der Waals surface area contributed by atoms with Gasteiger partial charge in [0.05, 0.1) is 27.0 Å². The number of nitrogens with one attached hydrogen (secondary N) is 1. The Morgan fingerprint density at radius 2 is 2.09 bits per heavy atom. The van der Waals surface area contributed by atoms with Crippen LogP contribution in [0.3, 0.4) is 0 Å². The molecule has 0 aliphatic heterocycles. The Morgan fingerprint density at radius 1 is 1.35 bits per heavy atom. The van der Waals surface area contributed by atoms with Crippen molar-refractivity contribution in [2.24, 2.45) is 0 Å². The number of anilines is 1. The highest BCUT2D eigenvalue weighted by molar-refractivity contribution is 6.48. The van der Waals surface area contributed by atoms with E-state index in [0.717, 1.165) is 12.8 Å². The summed E-state index contributed by atoms with van der Waals surface area (Å²) in [6.07, 6.45) is 3.38. The molecule has 0 saturated carbocycles. The van der Waals surface area contributed by atoms with Gasteiger partial charge in [0.2, 0.25) is 5.91 Å². The Bertz CT molecular complexity index is 780. The second kappa shape index (κ2) is 7.69. The van der Waals surface area contributed by atoms with Crippen molar-refractivity contribution in [3.05, 3.63) is 39.0 Å². The van der Waals surface area contributed by atoms with E-state index in [9.17, 15) is 10.1 Å². The van der Waals surface area contributed by atoms with Gasteiger partial charge in [-0.2, -0.15) is 10.4 Å². The van der Waals surface area contributed by atoms with E-state index >= 15 is 0 Å². The molecule has 0 aliphatic carbocycles. The largest absolute Gasteiger partial charge is 0.309 e. The van der Waals surface area contributed by atoms with E-state index in [1.807, 2.05) is 13.0 Å². The maximum absolute atomic E-state index is 12.0. The van der Waals surface area contributed by atoms with Gasteiger partial charge in [0.1, 0.15) is 11.6 Å². The Labute approximate surface area is 148 Å². The third kappa shape index (κ3) is 3.78. The molecule has 2 rings (SSSR count). The SMILES string of the molecule is CCCCC(=O)Nc1c(C#N)cnn1-c1ccc(Cl)c(Cl)c1Cl. The first kappa shape index (κ1) is 17.6. The lowest BCUT2D eigenvalue weighted by molar-refractivity contribution is -0.116. The highest BCUT2D eigenvalue weighted by Crippen LogP contribution is 2.36. The van der Waals surface area contributed by atoms with E-state index in [1.54, 1.807) is 12.1 Å². The molecule has 0 radical (unpaired) electrons. The lowest BCUT2D eigenvalue weighted by atomic mass is 10.2. The number of hydrogen-bond acceptors (Lipinski definition) is 3. The van der Waals surface area contributed by atoms with E-state index in [-0.39, 0.29) is 27.3 Å². The van der Waals surface area contributed by atoms with Crippen molar-refractivity contribution in [1.29, 1.82) is 5.26 Å². The number of aromatic nitrogens is 2. The van der Waals surface area contributed by atoms with Crippen molar-refractivity contribution in [2.75, 3.05) is 5.32 Å². The molecule has 0 fully saturated rings. The van der Waals surface area contributed by atoms with E-state index in [4.69, 9.17) is 34.8 Å². The maximum atomic E-state index is 12.0. The molecule has 1 N–H and O–H groups in total. The van der Waals surface area contributed by atoms with E-state index < -0.39 is 0 Å². The number of unbranched alkanes of at least 4 members (excludes halogenated alkanes) is 1. The number of halogens is 3. The fourth-order valence-electron chi connectivity index (χ4n) is 1.94. The second-order valence-corrected chi connectivity index (χ2v) is 5.94. The molecule has 0 unspecified atom stereocenters. The second-order valence-electron chi connectivity index (χ2n) is 4.78. The lowest BCUT2D eigenvalue weighted by Crippen LogP contribution is -2.15. The highest BCUT2D eigenvalue weighted by atomic mass is 35.5. The molecule has 0 saturated heterocycles. The quantitative estimate of drug-likeness (QED) is 0.765. The van der Waals surface area contributed by atoms with E-state index in [2.05, 4.69) is 10.4 Å². The summed E-state index contributed by atoms with van der Waals surface area (Å²) >= 11 is 18.2. The monoisotopic (exact) mass is 370 g/mol. The molecule has 0 atom stereocenters. The minimum atomic E-state index is -0.193. The van der Waals surface area contributed by atoms with Crippen LogP contribution >= 0.6 is 34.8 Å². The number of benzene rings is 1. The third-order valence-electron chi connectivity index (χ3n) is 3.15. The van der Waals surface area contributed by atoms with Crippen molar-refractivity contribution in [3.8, 4) is 11.8 Å². The van der Waals surface area contributed by atoms with Crippen molar-refractivity contribution in [2.45, 2.75) is 26.2 Å². The smallest absolute Gasteiger partial charge is 0.225 e. The fourth-order valence-corrected chi connectivity index (χ4v) is 2.55. The zero-order valence-corrected chi connectivity index (χ0v) is 14.5. The van der Waals surface area contributed by atoms with Gasteiger partial charge in [-0.25, -0.2) is 4.68 Å². The topological polar surface area (TPSA) is 70.7 Å². The Hall–Kier alpha value is -1.74. The Balaban J connectivity index is 2.45. The number of carbonyl (C=O) groups is 1. The lowest BCUT2D eigenvalue weighted by Gasteiger charge is -2.12. The first-order chi connectivity index (χ1) is 11.0. The zero-order chi connectivity index (χ0) is 17.0. The van der Waals surface area contributed by atoms with Crippen molar-refractivity contribution < 1.29 is 4.79 Å². The van der Waals surface area contributed by atoms with Crippen LogP contribution in [0.2, 0.25) is 15.1 Å². The summed E-state index contributed by atoms with van der Waals surface area (Å²) < 4.78 is 1.37. The third-order valence-corrected chi connectivity index (χ3v) is 4.43. The molecular formula is C15H13Cl3N4O. The summed E-state index contributed by atoms with van der Waals surface area (Å²) in [5.74, 6) is 0.0650. The number of carbonyl (C=O) groups excluding carboxylic acids is 1. The number of nitrogens with zero attached hydrogens (tertiary/aromatic N) is 3. The van der Waals surface area contributed by atoms with Gasteiger partial charge in [-0.1, -0.05) is 48.1 Å². The van der Waals surface area contributed by atoms with Crippen LogP contribution in [0.25, 0.3) is 5.69 Å². The zero-order valence-electron chi connectivity index (χ0n) is 12.2. The first-order valence-electron chi connectivity index (χ1n) is 6.91. The van der Waals surface area contributed by atoms with Crippen LogP contribution in [-0.4, -0.2) is 15.7 Å². The number of rotatable bonds is 5. The average molecular weight is 372 g/mol. The standard InChI is InChI=1S/C15H13Cl3N4O/c1-2-3-4-12(23)21-15-9(7-19)8-20-22(15)11-6-5-10(16)13(17)14(11)18/h5-6,8H,2-4H2,1H3,(H,21,23). The molecule has 1 heterocycles. The molecule has 5 nitrogen and oxygen atoms in total. The summed E-state index contributed by atoms with van der Waals surface area (Å²) in [7, 11) is 0. The molecule has 0 aliphatic rings. The molecule has 23 heavy (non-hydrogen) atoms. The minimum Gasteiger partial charge on any atom is -0.309 e. The van der Waals surface area contributed by atoms with E-state index in [1.165, 1.54) is 10.9 Å². The molecule has 1 aromatic carbocycles. The molecule has 2 aromatic rings. The Kier molecular flexibility index (Phi) is 5.89. The molecule has 8 heteroatoms. The minimum absolute atomic E-state index is 0.183. The summed E-state index contributed by atoms with van der Waals surface area (Å²) in [6, 6.07) is 5.18. The number of nitriles is 1. The van der Waals surface area contributed by atoms with Gasteiger partial charge in [0.15, 0.2) is 5.82 Å². The van der Waals surface area contributed by atoms with Gasteiger partial charge in [-0.05, 0) is 18.6 Å². The van der Waals surface area contributed by atoms with Gasteiger partial charge in [0, 0.05) is 6.42 Å². The molecule has 1 aromatic heterocycles. The maximum Gasteiger partial charge on any atom is 0.225 e. The number of hydrogen-bond donors (Lipinski definition) is 1. The van der Waals surface area contributed by atoms with Crippen molar-refractivity contribution in [3.63, 3.8) is 0 Å². The molecule has 1 amide bonds. The predicted molar refractivity (Wildman–Crippen MR) is 91.5 cm³/mol. The predicted octanol–water partition coefficient (Wildman–Crippen LogP) is 4.83. The van der Waals surface area contributed by atoms with Crippen LogP contribution in [0.4, 0.5) is 5.82 Å². The molecular weight excluding hydrogens is 359 g/mol. The van der Waals surface area contributed by atoms with Gasteiger partial charge < -0.3 is 5.32 Å². The number of amides is 1. The van der Waals surface area contributed by atoms with Gasteiger partial charge >= 0.3 is 0 Å². The summed E-state index contributed by atoms with van der Waals surface area (Å²) in [4.78, 5) is 12.0. The average Bonchev–Trinajstić information content (AvgIpc) is 2.93. The summed E-state index contributed by atoms with van der Waals surface area (Å²) in [6.45, 7) is 1.99. The normalized spacial score (nSPS) is 10.4.